The Hall–Kier alpha value is -0.920. The van der Waals surface area contributed by atoms with E-state index in [0.717, 1.165) is 24.2 Å². The molecule has 0 bridgehead atoms. The van der Waals surface area contributed by atoms with E-state index in [-0.39, 0.29) is 16.2 Å². The summed E-state index contributed by atoms with van der Waals surface area (Å²) in [5.41, 5.74) is 0.227. The van der Waals surface area contributed by atoms with Crippen LogP contribution < -0.4 is 10.5 Å². The van der Waals surface area contributed by atoms with Gasteiger partial charge in [-0.25, -0.2) is 13.6 Å². The van der Waals surface area contributed by atoms with Gasteiger partial charge in [0.25, 0.3) is 5.91 Å². The molecule has 1 saturated carbocycles. The molecule has 2 rings (SSSR count). The van der Waals surface area contributed by atoms with Gasteiger partial charge in [-0.2, -0.15) is 0 Å². The largest absolute Gasteiger partial charge is 0.351 e. The first kappa shape index (κ1) is 13.5. The predicted octanol–water partition coefficient (Wildman–Crippen LogP) is 1.23. The van der Waals surface area contributed by atoms with Gasteiger partial charge >= 0.3 is 0 Å². The van der Waals surface area contributed by atoms with E-state index >= 15 is 0 Å². The van der Waals surface area contributed by atoms with Crippen LogP contribution in [0.2, 0.25) is 0 Å². The molecule has 1 aliphatic rings. The maximum atomic E-state index is 11.9. The van der Waals surface area contributed by atoms with E-state index in [1.807, 2.05) is 0 Å². The fourth-order valence-corrected chi connectivity index (χ4v) is 3.69. The molecular formula is C11H16N2O3S2. The standard InChI is InChI=1S/C11H16N2O3S2/c1-7-9(18(12,15)16)5-8(17-7)10(14)13-6-11(2)3-4-11/h5H,3-4,6H2,1-2H3,(H,13,14)(H2,12,15,16). The van der Waals surface area contributed by atoms with Gasteiger partial charge in [-0.15, -0.1) is 11.3 Å². The number of primary sulfonamides is 1. The minimum Gasteiger partial charge on any atom is -0.351 e. The zero-order valence-electron chi connectivity index (χ0n) is 10.3. The normalized spacial score (nSPS) is 17.5. The smallest absolute Gasteiger partial charge is 0.261 e. The van der Waals surface area contributed by atoms with Gasteiger partial charge in [-0.1, -0.05) is 6.92 Å². The third-order valence-electron chi connectivity index (χ3n) is 3.18. The molecule has 1 fully saturated rings. The van der Waals surface area contributed by atoms with E-state index in [9.17, 15) is 13.2 Å². The van der Waals surface area contributed by atoms with Crippen LogP contribution in [0.15, 0.2) is 11.0 Å². The summed E-state index contributed by atoms with van der Waals surface area (Å²) >= 11 is 1.15. The van der Waals surface area contributed by atoms with Crippen molar-refractivity contribution in [1.29, 1.82) is 0 Å². The van der Waals surface area contributed by atoms with E-state index in [1.165, 1.54) is 6.07 Å². The Morgan fingerprint density at radius 3 is 2.61 bits per heavy atom. The highest BCUT2D eigenvalue weighted by Crippen LogP contribution is 2.44. The number of hydrogen-bond acceptors (Lipinski definition) is 4. The molecule has 7 heteroatoms. The molecule has 1 amide bonds. The first-order valence-electron chi connectivity index (χ1n) is 5.63. The highest BCUT2D eigenvalue weighted by atomic mass is 32.2. The maximum absolute atomic E-state index is 11.9. The molecule has 0 radical (unpaired) electrons. The summed E-state index contributed by atoms with van der Waals surface area (Å²) in [6.45, 7) is 4.39. The Morgan fingerprint density at radius 1 is 1.56 bits per heavy atom. The van der Waals surface area contributed by atoms with Crippen molar-refractivity contribution in [3.05, 3.63) is 15.8 Å². The van der Waals surface area contributed by atoms with Crippen LogP contribution in [-0.4, -0.2) is 20.9 Å². The van der Waals surface area contributed by atoms with E-state index in [1.54, 1.807) is 6.92 Å². The summed E-state index contributed by atoms with van der Waals surface area (Å²) in [6.07, 6.45) is 2.25. The lowest BCUT2D eigenvalue weighted by Crippen LogP contribution is -2.28. The molecule has 100 valence electrons. The molecule has 1 aromatic heterocycles. The van der Waals surface area contributed by atoms with Gasteiger partial charge in [-0.05, 0) is 31.2 Å². The molecule has 0 spiro atoms. The van der Waals surface area contributed by atoms with Gasteiger partial charge in [0.2, 0.25) is 10.0 Å². The zero-order chi connectivity index (χ0) is 13.6. The molecule has 1 aliphatic carbocycles. The second-order valence-corrected chi connectivity index (χ2v) is 7.86. The first-order chi connectivity index (χ1) is 8.21. The number of carbonyl (C=O) groups excluding carboxylic acids is 1. The topological polar surface area (TPSA) is 89.3 Å². The van der Waals surface area contributed by atoms with Crippen molar-refractivity contribution in [3.63, 3.8) is 0 Å². The van der Waals surface area contributed by atoms with Crippen molar-refractivity contribution < 1.29 is 13.2 Å². The van der Waals surface area contributed by atoms with Gasteiger partial charge in [-0.3, -0.25) is 4.79 Å². The number of sulfonamides is 1. The zero-order valence-corrected chi connectivity index (χ0v) is 12.0. The summed E-state index contributed by atoms with van der Waals surface area (Å²) in [7, 11) is -3.75. The second-order valence-electron chi connectivity index (χ2n) is 5.07. The third kappa shape index (κ3) is 2.90. The number of thiophene rings is 1. The molecule has 0 saturated heterocycles. The van der Waals surface area contributed by atoms with Crippen LogP contribution in [0, 0.1) is 12.3 Å². The number of nitrogens with one attached hydrogen (secondary N) is 1. The van der Waals surface area contributed by atoms with Crippen molar-refractivity contribution in [2.75, 3.05) is 6.54 Å². The molecular weight excluding hydrogens is 272 g/mol. The summed E-state index contributed by atoms with van der Waals surface area (Å²) in [5.74, 6) is -0.230. The fraction of sp³-hybridized carbons (Fsp3) is 0.545. The van der Waals surface area contributed by atoms with E-state index in [0.29, 0.717) is 16.3 Å². The van der Waals surface area contributed by atoms with Crippen molar-refractivity contribution in [2.45, 2.75) is 31.6 Å². The van der Waals surface area contributed by atoms with Crippen LogP contribution in [0.4, 0.5) is 0 Å². The molecule has 0 aromatic carbocycles. The van der Waals surface area contributed by atoms with Gasteiger partial charge in [0.15, 0.2) is 0 Å². The number of hydrogen-bond donors (Lipinski definition) is 2. The highest BCUT2D eigenvalue weighted by Gasteiger charge is 2.37. The van der Waals surface area contributed by atoms with Crippen molar-refractivity contribution in [1.82, 2.24) is 5.32 Å². The van der Waals surface area contributed by atoms with Crippen LogP contribution in [0.5, 0.6) is 0 Å². The van der Waals surface area contributed by atoms with Gasteiger partial charge in [0.1, 0.15) is 0 Å². The average molecular weight is 288 g/mol. The fourth-order valence-electron chi connectivity index (χ4n) is 1.63. The minimum absolute atomic E-state index is 0.0373. The summed E-state index contributed by atoms with van der Waals surface area (Å²) in [4.78, 5) is 12.8. The molecule has 0 aliphatic heterocycles. The number of nitrogens with two attached hydrogens (primary N) is 1. The lowest BCUT2D eigenvalue weighted by molar-refractivity contribution is 0.0950. The number of rotatable bonds is 4. The minimum atomic E-state index is -3.75. The number of aryl methyl sites for hydroxylation is 1. The van der Waals surface area contributed by atoms with Crippen LogP contribution in [-0.2, 0) is 10.0 Å². The average Bonchev–Trinajstić information content (AvgIpc) is 2.83. The Balaban J connectivity index is 2.11. The van der Waals surface area contributed by atoms with E-state index in [4.69, 9.17) is 5.14 Å². The lowest BCUT2D eigenvalue weighted by atomic mass is 10.1. The molecule has 0 atom stereocenters. The highest BCUT2D eigenvalue weighted by molar-refractivity contribution is 7.89. The molecule has 5 nitrogen and oxygen atoms in total. The molecule has 3 N–H and O–H groups in total. The van der Waals surface area contributed by atoms with Gasteiger partial charge < -0.3 is 5.32 Å². The second kappa shape index (κ2) is 4.32. The first-order valence-corrected chi connectivity index (χ1v) is 7.99. The van der Waals surface area contributed by atoms with Crippen molar-refractivity contribution in [3.8, 4) is 0 Å². The van der Waals surface area contributed by atoms with Crippen LogP contribution in [0.1, 0.15) is 34.3 Å². The molecule has 1 heterocycles. The monoisotopic (exact) mass is 288 g/mol. The predicted molar refractivity (Wildman–Crippen MR) is 70.1 cm³/mol. The van der Waals surface area contributed by atoms with Crippen LogP contribution in [0.3, 0.4) is 0 Å². The Labute approximate surface area is 110 Å². The van der Waals surface area contributed by atoms with Crippen LogP contribution in [0.25, 0.3) is 0 Å². The maximum Gasteiger partial charge on any atom is 0.261 e. The number of amides is 1. The summed E-state index contributed by atoms with van der Waals surface area (Å²) in [6, 6.07) is 1.35. The Morgan fingerprint density at radius 2 is 2.17 bits per heavy atom. The van der Waals surface area contributed by atoms with E-state index < -0.39 is 10.0 Å². The van der Waals surface area contributed by atoms with Crippen molar-refractivity contribution in [2.24, 2.45) is 10.6 Å². The molecule has 1 aromatic rings. The van der Waals surface area contributed by atoms with Gasteiger partial charge in [0, 0.05) is 11.4 Å². The summed E-state index contributed by atoms with van der Waals surface area (Å²) < 4.78 is 22.5. The van der Waals surface area contributed by atoms with Crippen molar-refractivity contribution >= 4 is 27.3 Å². The quantitative estimate of drug-likeness (QED) is 0.873. The Kier molecular flexibility index (Phi) is 3.25. The molecule has 18 heavy (non-hydrogen) atoms. The summed E-state index contributed by atoms with van der Waals surface area (Å²) in [5, 5.41) is 7.90. The van der Waals surface area contributed by atoms with Crippen LogP contribution >= 0.6 is 11.3 Å². The van der Waals surface area contributed by atoms with E-state index in [2.05, 4.69) is 12.2 Å². The lowest BCUT2D eigenvalue weighted by Gasteiger charge is -2.08. The number of carbonyl (C=O) groups is 1. The Bertz CT molecular complexity index is 585. The SMILES string of the molecule is Cc1sc(C(=O)NCC2(C)CC2)cc1S(N)(=O)=O. The third-order valence-corrected chi connectivity index (χ3v) is 5.40. The molecule has 0 unspecified atom stereocenters. The van der Waals surface area contributed by atoms with Gasteiger partial charge in [0.05, 0.1) is 9.77 Å².